The highest BCUT2D eigenvalue weighted by Crippen LogP contribution is 2.42. The zero-order chi connectivity index (χ0) is 27.6. The van der Waals surface area contributed by atoms with Crippen LogP contribution in [0.3, 0.4) is 0 Å². The van der Waals surface area contributed by atoms with Crippen LogP contribution < -0.4 is 5.32 Å². The minimum absolute atomic E-state index is 0.315. The Bertz CT molecular complexity index is 1760. The summed E-state index contributed by atoms with van der Waals surface area (Å²) in [6, 6.07) is 25.7. The minimum Gasteiger partial charge on any atom is -0.452 e. The number of H-pyrrole nitrogens is 1. The Morgan fingerprint density at radius 2 is 1.93 bits per heavy atom. The average molecular weight is 547 g/mol. The Labute approximate surface area is 235 Å². The molecule has 7 nitrogen and oxygen atoms in total. The lowest BCUT2D eigenvalue weighted by atomic mass is 9.83. The molecule has 1 aliphatic carbocycles. The van der Waals surface area contributed by atoms with Crippen molar-refractivity contribution >= 4 is 39.2 Å². The van der Waals surface area contributed by atoms with E-state index in [0.717, 1.165) is 46.3 Å². The number of hydrogen-bond acceptors (Lipinski definition) is 6. The Morgan fingerprint density at radius 1 is 1.12 bits per heavy atom. The molecule has 1 amide bonds. The Hall–Kier alpha value is -4.74. The van der Waals surface area contributed by atoms with Crippen LogP contribution in [0.4, 0.5) is 5.00 Å². The number of carbonyl (C=O) groups excluding carboxylic acids is 2. The van der Waals surface area contributed by atoms with Crippen LogP contribution in [0.2, 0.25) is 0 Å². The van der Waals surface area contributed by atoms with Gasteiger partial charge in [0.05, 0.1) is 22.2 Å². The fraction of sp³-hybridized carbons (Fsp3) is 0.188. The molecule has 0 bridgehead atoms. The first-order valence-electron chi connectivity index (χ1n) is 13.1. The number of hydrogen-bond donors (Lipinski definition) is 2. The molecule has 5 aromatic rings. The molecular formula is C32H26N4O3S. The monoisotopic (exact) mass is 546 g/mol. The number of amides is 1. The normalized spacial score (nSPS) is 14.3. The van der Waals surface area contributed by atoms with Crippen LogP contribution in [0.15, 0.2) is 72.8 Å². The van der Waals surface area contributed by atoms with Crippen molar-refractivity contribution in [2.45, 2.75) is 32.1 Å². The third-order valence-electron chi connectivity index (χ3n) is 7.28. The number of aromatic amines is 1. The highest BCUT2D eigenvalue weighted by Gasteiger charge is 2.27. The van der Waals surface area contributed by atoms with Crippen LogP contribution in [0.1, 0.15) is 49.8 Å². The van der Waals surface area contributed by atoms with E-state index in [1.165, 1.54) is 16.9 Å². The lowest BCUT2D eigenvalue weighted by Crippen LogP contribution is -2.21. The Morgan fingerprint density at radius 3 is 2.70 bits per heavy atom. The van der Waals surface area contributed by atoms with Crippen LogP contribution in [0.5, 0.6) is 0 Å². The molecule has 1 atom stereocenters. The van der Waals surface area contributed by atoms with E-state index in [0.29, 0.717) is 33.4 Å². The van der Waals surface area contributed by atoms with Crippen molar-refractivity contribution in [2.24, 2.45) is 0 Å². The first kappa shape index (κ1) is 25.5. The van der Waals surface area contributed by atoms with Crippen molar-refractivity contribution in [1.82, 2.24) is 9.97 Å². The molecule has 0 fully saturated rings. The maximum Gasteiger partial charge on any atom is 0.338 e. The number of nitriles is 1. The van der Waals surface area contributed by atoms with Crippen molar-refractivity contribution in [3.8, 4) is 17.5 Å². The fourth-order valence-corrected chi connectivity index (χ4v) is 6.46. The molecule has 40 heavy (non-hydrogen) atoms. The predicted octanol–water partition coefficient (Wildman–Crippen LogP) is 6.54. The first-order valence-corrected chi connectivity index (χ1v) is 13.9. The van der Waals surface area contributed by atoms with Gasteiger partial charge in [-0.05, 0) is 61.4 Å². The molecule has 0 saturated heterocycles. The quantitative estimate of drug-likeness (QED) is 0.235. The van der Waals surface area contributed by atoms with Crippen LogP contribution in [0.25, 0.3) is 22.4 Å². The topological polar surface area (TPSA) is 108 Å². The molecule has 1 unspecified atom stereocenters. The van der Waals surface area contributed by atoms with E-state index in [1.54, 1.807) is 18.2 Å². The number of thiophene rings is 1. The molecule has 1 aliphatic rings. The molecule has 6 rings (SSSR count). The van der Waals surface area contributed by atoms with Gasteiger partial charge in [0, 0.05) is 10.4 Å². The fourth-order valence-electron chi connectivity index (χ4n) is 5.16. The van der Waals surface area contributed by atoms with Crippen LogP contribution in [-0.2, 0) is 22.4 Å². The van der Waals surface area contributed by atoms with E-state index in [4.69, 9.17) is 4.74 Å². The SMILES string of the molecule is Cc1ccc(-c2nc3ccc(C(=O)OCC(=O)Nc4sc5c(c4C#N)CCC(c4ccccc4)C5)cc3[nH]2)cc1. The summed E-state index contributed by atoms with van der Waals surface area (Å²) in [4.78, 5) is 34.4. The number of nitrogens with one attached hydrogen (secondary N) is 2. The summed E-state index contributed by atoms with van der Waals surface area (Å²) in [7, 11) is 0. The van der Waals surface area contributed by atoms with Gasteiger partial charge in [-0.2, -0.15) is 5.26 Å². The van der Waals surface area contributed by atoms with E-state index < -0.39 is 18.5 Å². The van der Waals surface area contributed by atoms with Gasteiger partial charge in [-0.25, -0.2) is 9.78 Å². The Balaban J connectivity index is 1.10. The molecule has 2 heterocycles. The summed E-state index contributed by atoms with van der Waals surface area (Å²) in [5.74, 6) is 0.0121. The minimum atomic E-state index is -0.611. The van der Waals surface area contributed by atoms with Crippen LogP contribution in [-0.4, -0.2) is 28.5 Å². The zero-order valence-electron chi connectivity index (χ0n) is 21.9. The lowest BCUT2D eigenvalue weighted by Gasteiger charge is -2.22. The molecule has 0 saturated carbocycles. The number of aromatic nitrogens is 2. The van der Waals surface area contributed by atoms with Crippen LogP contribution in [0, 0.1) is 18.3 Å². The van der Waals surface area contributed by atoms with E-state index >= 15 is 0 Å². The number of imidazole rings is 1. The van der Waals surface area contributed by atoms with Crippen molar-refractivity contribution < 1.29 is 14.3 Å². The van der Waals surface area contributed by atoms with Crippen molar-refractivity contribution in [3.05, 3.63) is 105 Å². The summed E-state index contributed by atoms with van der Waals surface area (Å²) >= 11 is 1.44. The zero-order valence-corrected chi connectivity index (χ0v) is 22.7. The molecule has 0 radical (unpaired) electrons. The number of benzene rings is 3. The average Bonchev–Trinajstić information content (AvgIpc) is 3.56. The number of nitrogens with zero attached hydrogens (tertiary/aromatic N) is 2. The second-order valence-corrected chi connectivity index (χ2v) is 11.1. The largest absolute Gasteiger partial charge is 0.452 e. The standard InChI is InChI=1S/C32H26N4O3S/c1-19-7-9-21(10-8-19)30-34-26-14-12-23(15-27(26)35-30)32(38)39-18-29(37)36-31-25(17-33)24-13-11-22(16-28(24)40-31)20-5-3-2-4-6-20/h2-10,12,14-15,22H,11,13,16,18H2,1H3,(H,34,35)(H,36,37). The second-order valence-electron chi connectivity index (χ2n) is 9.98. The second kappa shape index (κ2) is 10.8. The van der Waals surface area contributed by atoms with Crippen LogP contribution >= 0.6 is 11.3 Å². The summed E-state index contributed by atoms with van der Waals surface area (Å²) in [6.07, 6.45) is 2.59. The first-order chi connectivity index (χ1) is 19.5. The molecule has 8 heteroatoms. The molecule has 0 aliphatic heterocycles. The molecule has 2 N–H and O–H groups in total. The number of fused-ring (bicyclic) bond motifs is 2. The van der Waals surface area contributed by atoms with Gasteiger partial charge in [-0.15, -0.1) is 11.3 Å². The lowest BCUT2D eigenvalue weighted by molar-refractivity contribution is -0.119. The molecular weight excluding hydrogens is 520 g/mol. The van der Waals surface area contributed by atoms with Crippen molar-refractivity contribution in [3.63, 3.8) is 0 Å². The smallest absolute Gasteiger partial charge is 0.338 e. The van der Waals surface area contributed by atoms with Gasteiger partial charge < -0.3 is 15.0 Å². The number of anilines is 1. The summed E-state index contributed by atoms with van der Waals surface area (Å²) in [5, 5.41) is 13.1. The number of rotatable bonds is 6. The Kier molecular flexibility index (Phi) is 6.89. The highest BCUT2D eigenvalue weighted by atomic mass is 32.1. The van der Waals surface area contributed by atoms with E-state index in [9.17, 15) is 14.9 Å². The predicted molar refractivity (Wildman–Crippen MR) is 155 cm³/mol. The summed E-state index contributed by atoms with van der Waals surface area (Å²) in [5.41, 5.74) is 6.67. The number of ether oxygens (including phenoxy) is 1. The third kappa shape index (κ3) is 5.12. The van der Waals surface area contributed by atoms with Crippen molar-refractivity contribution in [2.75, 3.05) is 11.9 Å². The number of carbonyl (C=O) groups is 2. The van der Waals surface area contributed by atoms with E-state index in [-0.39, 0.29) is 0 Å². The highest BCUT2D eigenvalue weighted by molar-refractivity contribution is 7.16. The third-order valence-corrected chi connectivity index (χ3v) is 8.45. The number of esters is 1. The maximum atomic E-state index is 12.7. The molecule has 0 spiro atoms. The van der Waals surface area contributed by atoms with Gasteiger partial charge in [-0.1, -0.05) is 60.2 Å². The van der Waals surface area contributed by atoms with Crippen molar-refractivity contribution in [1.29, 1.82) is 5.26 Å². The molecule has 198 valence electrons. The van der Waals surface area contributed by atoms with Gasteiger partial charge in [0.25, 0.3) is 5.91 Å². The molecule has 2 aromatic heterocycles. The van der Waals surface area contributed by atoms with Gasteiger partial charge in [0.2, 0.25) is 0 Å². The van der Waals surface area contributed by atoms with Gasteiger partial charge >= 0.3 is 5.97 Å². The van der Waals surface area contributed by atoms with E-state index in [1.807, 2.05) is 49.4 Å². The summed E-state index contributed by atoms with van der Waals surface area (Å²) < 4.78 is 5.30. The van der Waals surface area contributed by atoms with Gasteiger partial charge in [-0.3, -0.25) is 4.79 Å². The maximum absolute atomic E-state index is 12.7. The van der Waals surface area contributed by atoms with Gasteiger partial charge in [0.15, 0.2) is 6.61 Å². The number of aryl methyl sites for hydroxylation is 1. The molecule has 3 aromatic carbocycles. The van der Waals surface area contributed by atoms with E-state index in [2.05, 4.69) is 33.5 Å². The van der Waals surface area contributed by atoms with Gasteiger partial charge in [0.1, 0.15) is 16.9 Å². The summed E-state index contributed by atoms with van der Waals surface area (Å²) in [6.45, 7) is 1.58.